The highest BCUT2D eigenvalue weighted by molar-refractivity contribution is 6.23. The molecule has 0 aromatic heterocycles. The maximum Gasteiger partial charge on any atom is 0.238 e. The molecule has 2 amide bonds. The third-order valence-corrected chi connectivity index (χ3v) is 6.84. The van der Waals surface area contributed by atoms with Crippen LogP contribution in [0.2, 0.25) is 0 Å². The van der Waals surface area contributed by atoms with Gasteiger partial charge in [-0.15, -0.1) is 0 Å². The summed E-state index contributed by atoms with van der Waals surface area (Å²) < 4.78 is 0. The first-order valence-electron chi connectivity index (χ1n) is 8.76. The van der Waals surface area contributed by atoms with Crippen LogP contribution in [0.15, 0.2) is 54.6 Å². The fourth-order valence-electron chi connectivity index (χ4n) is 5.65. The lowest BCUT2D eigenvalue weighted by molar-refractivity contribution is -0.123. The third kappa shape index (κ3) is 1.32. The largest absolute Gasteiger partial charge is 0.274 e. The van der Waals surface area contributed by atoms with Gasteiger partial charge in [0.15, 0.2) is 0 Å². The Morgan fingerprint density at radius 3 is 2.08 bits per heavy atom. The van der Waals surface area contributed by atoms with Gasteiger partial charge < -0.3 is 0 Å². The Bertz CT molecular complexity index is 921. The smallest absolute Gasteiger partial charge is 0.238 e. The van der Waals surface area contributed by atoms with Crippen LogP contribution >= 0.6 is 0 Å². The number of benzene rings is 2. The van der Waals surface area contributed by atoms with E-state index in [-0.39, 0.29) is 40.9 Å². The van der Waals surface area contributed by atoms with E-state index in [0.29, 0.717) is 0 Å². The van der Waals surface area contributed by atoms with E-state index in [1.54, 1.807) is 0 Å². The molecule has 1 saturated heterocycles. The minimum absolute atomic E-state index is 0.0170. The van der Waals surface area contributed by atoms with Crippen molar-refractivity contribution in [1.29, 1.82) is 0 Å². The molecule has 1 heterocycles. The number of carbonyl (C=O) groups is 2. The number of amides is 2. The van der Waals surface area contributed by atoms with Crippen molar-refractivity contribution in [1.82, 2.24) is 0 Å². The maximum atomic E-state index is 13.1. The molecule has 2 bridgehead atoms. The quantitative estimate of drug-likeness (QED) is 0.596. The molecular formula is C21H17NO2. The zero-order valence-corrected chi connectivity index (χ0v) is 13.2. The molecule has 0 radical (unpaired) electrons. The van der Waals surface area contributed by atoms with E-state index in [1.165, 1.54) is 17.7 Å². The number of imide groups is 1. The molecule has 1 spiro atoms. The van der Waals surface area contributed by atoms with Gasteiger partial charge >= 0.3 is 0 Å². The van der Waals surface area contributed by atoms with Crippen LogP contribution in [-0.2, 0) is 9.59 Å². The van der Waals surface area contributed by atoms with Gasteiger partial charge in [-0.25, -0.2) is 4.90 Å². The van der Waals surface area contributed by atoms with Gasteiger partial charge in [0.1, 0.15) is 0 Å². The average molecular weight is 315 g/mol. The molecule has 4 atom stereocenters. The van der Waals surface area contributed by atoms with Gasteiger partial charge in [-0.2, -0.15) is 0 Å². The monoisotopic (exact) mass is 315 g/mol. The predicted octanol–water partition coefficient (Wildman–Crippen LogP) is 3.54. The Morgan fingerprint density at radius 1 is 0.833 bits per heavy atom. The molecule has 2 aromatic rings. The van der Waals surface area contributed by atoms with Crippen molar-refractivity contribution in [2.75, 3.05) is 4.90 Å². The molecule has 6 rings (SSSR count). The highest BCUT2D eigenvalue weighted by Crippen LogP contribution is 2.73. The van der Waals surface area contributed by atoms with Crippen LogP contribution in [0.3, 0.4) is 0 Å². The topological polar surface area (TPSA) is 37.4 Å². The number of carbonyl (C=O) groups excluding carboxylic acids is 2. The zero-order chi connectivity index (χ0) is 16.1. The summed E-state index contributed by atoms with van der Waals surface area (Å²) in [7, 11) is 0. The minimum Gasteiger partial charge on any atom is -0.274 e. The molecule has 3 aliphatic carbocycles. The van der Waals surface area contributed by atoms with Crippen molar-refractivity contribution >= 4 is 28.3 Å². The Balaban J connectivity index is 1.45. The number of hydrogen-bond donors (Lipinski definition) is 0. The van der Waals surface area contributed by atoms with Crippen molar-refractivity contribution in [3.05, 3.63) is 54.6 Å². The molecule has 4 aliphatic rings. The summed E-state index contributed by atoms with van der Waals surface area (Å²) in [5, 5.41) is 2.19. The van der Waals surface area contributed by atoms with Crippen molar-refractivity contribution in [2.24, 2.45) is 29.1 Å². The lowest BCUT2D eigenvalue weighted by Gasteiger charge is -2.22. The van der Waals surface area contributed by atoms with E-state index in [9.17, 15) is 9.59 Å². The summed E-state index contributed by atoms with van der Waals surface area (Å²) in [5.41, 5.74) is 0.984. The van der Waals surface area contributed by atoms with E-state index in [0.717, 1.165) is 16.5 Å². The third-order valence-electron chi connectivity index (χ3n) is 6.84. The summed E-state index contributed by atoms with van der Waals surface area (Å²) >= 11 is 0. The van der Waals surface area contributed by atoms with Crippen LogP contribution in [0, 0.1) is 29.1 Å². The molecule has 1 aliphatic heterocycles. The highest BCUT2D eigenvalue weighted by Gasteiger charge is 2.73. The van der Waals surface area contributed by atoms with E-state index in [2.05, 4.69) is 12.2 Å². The number of rotatable bonds is 1. The van der Waals surface area contributed by atoms with Crippen molar-refractivity contribution in [3.63, 3.8) is 0 Å². The number of allylic oxidation sites excluding steroid dienone is 2. The van der Waals surface area contributed by atoms with Gasteiger partial charge in [0, 0.05) is 0 Å². The second-order valence-electron chi connectivity index (χ2n) is 7.76. The first kappa shape index (κ1) is 12.9. The molecule has 3 fully saturated rings. The van der Waals surface area contributed by atoms with E-state index in [1.807, 2.05) is 42.5 Å². The molecule has 3 heteroatoms. The van der Waals surface area contributed by atoms with Crippen LogP contribution in [-0.4, -0.2) is 11.8 Å². The van der Waals surface area contributed by atoms with Crippen molar-refractivity contribution in [3.8, 4) is 0 Å². The minimum atomic E-state index is -0.124. The van der Waals surface area contributed by atoms with Gasteiger partial charge in [0.05, 0.1) is 17.5 Å². The Hall–Kier alpha value is -2.42. The summed E-state index contributed by atoms with van der Waals surface area (Å²) in [4.78, 5) is 27.7. The van der Waals surface area contributed by atoms with Crippen LogP contribution in [0.4, 0.5) is 5.69 Å². The molecule has 2 saturated carbocycles. The molecular weight excluding hydrogens is 298 g/mol. The van der Waals surface area contributed by atoms with Crippen LogP contribution < -0.4 is 4.90 Å². The normalized spacial score (nSPS) is 34.6. The van der Waals surface area contributed by atoms with Gasteiger partial charge in [0.25, 0.3) is 0 Å². The lowest BCUT2D eigenvalue weighted by Crippen LogP contribution is -2.34. The first-order chi connectivity index (χ1) is 11.7. The fourth-order valence-corrected chi connectivity index (χ4v) is 5.65. The molecule has 0 unspecified atom stereocenters. The summed E-state index contributed by atoms with van der Waals surface area (Å²) in [6.45, 7) is 0. The first-order valence-corrected chi connectivity index (χ1v) is 8.76. The summed E-state index contributed by atoms with van der Waals surface area (Å²) in [6.07, 6.45) is 6.79. The van der Waals surface area contributed by atoms with Gasteiger partial charge in [0.2, 0.25) is 11.8 Å². The SMILES string of the molecule is O=C1[C@@H]2[C@H](C(=O)N1c1ccc3ccccc3c1)[C@@H]1C=C[C@H]2C12CC2. The van der Waals surface area contributed by atoms with E-state index >= 15 is 0 Å². The van der Waals surface area contributed by atoms with Crippen LogP contribution in [0.5, 0.6) is 0 Å². The van der Waals surface area contributed by atoms with Crippen LogP contribution in [0.1, 0.15) is 12.8 Å². The maximum absolute atomic E-state index is 13.1. The highest BCUT2D eigenvalue weighted by atomic mass is 16.2. The Labute approximate surface area is 139 Å². The molecule has 2 aromatic carbocycles. The average Bonchev–Trinajstić information content (AvgIpc) is 3.20. The number of nitrogens with zero attached hydrogens (tertiary/aromatic N) is 1. The number of fused-ring (bicyclic) bond motifs is 4. The standard InChI is InChI=1S/C21H17NO2/c23-19-17-15-7-8-16(21(15)9-10-21)18(17)20(24)22(19)14-6-5-12-3-1-2-4-13(12)11-14/h1-8,11,15-18H,9-10H2/t15-,16+,17+,18-. The summed E-state index contributed by atoms with van der Waals surface area (Å²) in [5.74, 6) is 0.360. The molecule has 118 valence electrons. The Morgan fingerprint density at radius 2 is 1.46 bits per heavy atom. The van der Waals surface area contributed by atoms with E-state index < -0.39 is 0 Å². The molecule has 0 N–H and O–H groups in total. The van der Waals surface area contributed by atoms with Gasteiger partial charge in [-0.1, -0.05) is 42.5 Å². The number of hydrogen-bond acceptors (Lipinski definition) is 2. The van der Waals surface area contributed by atoms with Crippen LogP contribution in [0.25, 0.3) is 10.8 Å². The van der Waals surface area contributed by atoms with Crippen molar-refractivity contribution in [2.45, 2.75) is 12.8 Å². The summed E-state index contributed by atoms with van der Waals surface area (Å²) in [6, 6.07) is 13.9. The predicted molar refractivity (Wildman–Crippen MR) is 91.2 cm³/mol. The fraction of sp³-hybridized carbons (Fsp3) is 0.333. The lowest BCUT2D eigenvalue weighted by atomic mass is 9.85. The van der Waals surface area contributed by atoms with Gasteiger partial charge in [-0.3, -0.25) is 9.59 Å². The van der Waals surface area contributed by atoms with E-state index in [4.69, 9.17) is 0 Å². The zero-order valence-electron chi connectivity index (χ0n) is 13.2. The Kier molecular flexibility index (Phi) is 2.14. The second kappa shape index (κ2) is 3.97. The van der Waals surface area contributed by atoms with Gasteiger partial charge in [-0.05, 0) is 53.0 Å². The second-order valence-corrected chi connectivity index (χ2v) is 7.76. The molecule has 3 nitrogen and oxygen atoms in total. The molecule has 24 heavy (non-hydrogen) atoms. The number of anilines is 1. The van der Waals surface area contributed by atoms with Crippen molar-refractivity contribution < 1.29 is 9.59 Å².